The summed E-state index contributed by atoms with van der Waals surface area (Å²) < 4.78 is 1.29. The lowest BCUT2D eigenvalue weighted by Gasteiger charge is -2.07. The fraction of sp³-hybridized carbons (Fsp3) is 0.0588. The zero-order chi connectivity index (χ0) is 17.9. The summed E-state index contributed by atoms with van der Waals surface area (Å²) in [6.45, 7) is 1.86. The fourth-order valence-corrected chi connectivity index (χ4v) is 3.85. The molecule has 0 radical (unpaired) electrons. The van der Waals surface area contributed by atoms with E-state index in [4.69, 9.17) is 11.6 Å². The van der Waals surface area contributed by atoms with Gasteiger partial charge >= 0.3 is 0 Å². The SMILES string of the molecule is Cc1ccc(NC(=O)/C(C#N)=C/c2cc(I)c(O)c(I)c2)cc1Cl. The normalized spacial score (nSPS) is 11.0. The van der Waals surface area contributed by atoms with E-state index in [2.05, 4.69) is 5.32 Å². The second-order valence-corrected chi connectivity index (χ2v) is 7.65. The molecule has 1 amide bonds. The second kappa shape index (κ2) is 8.18. The van der Waals surface area contributed by atoms with Gasteiger partial charge in [-0.25, -0.2) is 0 Å². The zero-order valence-electron chi connectivity index (χ0n) is 12.4. The number of hydrogen-bond donors (Lipinski definition) is 2. The van der Waals surface area contributed by atoms with Gasteiger partial charge in [0.15, 0.2) is 0 Å². The Morgan fingerprint density at radius 3 is 2.46 bits per heavy atom. The highest BCUT2D eigenvalue weighted by molar-refractivity contribution is 14.1. The van der Waals surface area contributed by atoms with Crippen LogP contribution in [-0.4, -0.2) is 11.0 Å². The fourth-order valence-electron chi connectivity index (χ4n) is 1.85. The van der Waals surface area contributed by atoms with E-state index in [-0.39, 0.29) is 11.3 Å². The van der Waals surface area contributed by atoms with Gasteiger partial charge < -0.3 is 10.4 Å². The van der Waals surface area contributed by atoms with Gasteiger partial charge in [0.2, 0.25) is 0 Å². The van der Waals surface area contributed by atoms with E-state index in [1.165, 1.54) is 6.08 Å². The van der Waals surface area contributed by atoms with Crippen molar-refractivity contribution in [3.05, 3.63) is 59.2 Å². The van der Waals surface area contributed by atoms with Crippen LogP contribution in [0, 0.1) is 25.4 Å². The molecule has 4 nitrogen and oxygen atoms in total. The van der Waals surface area contributed by atoms with Gasteiger partial charge in [-0.1, -0.05) is 17.7 Å². The highest BCUT2D eigenvalue weighted by atomic mass is 127. The van der Waals surface area contributed by atoms with Gasteiger partial charge in [-0.05, 0) is 93.6 Å². The number of anilines is 1. The van der Waals surface area contributed by atoms with Crippen LogP contribution in [0.25, 0.3) is 6.08 Å². The number of aromatic hydroxyl groups is 1. The topological polar surface area (TPSA) is 73.1 Å². The van der Waals surface area contributed by atoms with Crippen LogP contribution in [0.5, 0.6) is 5.75 Å². The number of hydrogen-bond acceptors (Lipinski definition) is 3. The van der Waals surface area contributed by atoms with Crippen molar-refractivity contribution in [2.75, 3.05) is 5.32 Å². The number of halogens is 3. The Kier molecular flexibility index (Phi) is 6.48. The maximum absolute atomic E-state index is 12.3. The van der Waals surface area contributed by atoms with Crippen LogP contribution in [-0.2, 0) is 4.79 Å². The summed E-state index contributed by atoms with van der Waals surface area (Å²) in [4.78, 5) is 12.3. The van der Waals surface area contributed by atoms with E-state index in [0.29, 0.717) is 23.4 Å². The first-order valence-electron chi connectivity index (χ1n) is 6.69. The summed E-state index contributed by atoms with van der Waals surface area (Å²) in [6, 6.07) is 10.4. The smallest absolute Gasteiger partial charge is 0.266 e. The molecule has 0 aliphatic rings. The van der Waals surface area contributed by atoms with Crippen LogP contribution in [0.1, 0.15) is 11.1 Å². The Labute approximate surface area is 171 Å². The molecule has 0 spiro atoms. The molecule has 2 aromatic rings. The largest absolute Gasteiger partial charge is 0.506 e. The molecule has 0 aliphatic carbocycles. The van der Waals surface area contributed by atoms with Gasteiger partial charge in [-0.15, -0.1) is 0 Å². The third-order valence-electron chi connectivity index (χ3n) is 3.15. The minimum absolute atomic E-state index is 0.0380. The molecule has 0 aromatic heterocycles. The van der Waals surface area contributed by atoms with Gasteiger partial charge in [0.05, 0.1) is 7.14 Å². The summed E-state index contributed by atoms with van der Waals surface area (Å²) in [5, 5.41) is 22.2. The van der Waals surface area contributed by atoms with Gasteiger partial charge in [-0.3, -0.25) is 4.79 Å². The first-order valence-corrected chi connectivity index (χ1v) is 9.22. The summed E-state index contributed by atoms with van der Waals surface area (Å²) in [5.74, 6) is -0.332. The van der Waals surface area contributed by atoms with Crippen molar-refractivity contribution < 1.29 is 9.90 Å². The summed E-state index contributed by atoms with van der Waals surface area (Å²) in [6.07, 6.45) is 1.48. The van der Waals surface area contributed by atoms with Crippen molar-refractivity contribution in [1.82, 2.24) is 0 Å². The molecule has 0 saturated carbocycles. The standard InChI is InChI=1S/C17H11ClI2N2O2/c1-9-2-3-12(7-13(9)18)22-17(24)11(8-21)4-10-5-14(19)16(23)15(20)6-10/h2-7,23H,1H3,(H,22,24)/b11-4+. The van der Waals surface area contributed by atoms with E-state index in [0.717, 1.165) is 5.56 Å². The highest BCUT2D eigenvalue weighted by Gasteiger charge is 2.12. The number of nitrogens with zero attached hydrogens (tertiary/aromatic N) is 1. The summed E-state index contributed by atoms with van der Waals surface area (Å²) in [7, 11) is 0. The van der Waals surface area contributed by atoms with E-state index < -0.39 is 5.91 Å². The average Bonchev–Trinajstić information content (AvgIpc) is 2.53. The lowest BCUT2D eigenvalue weighted by Crippen LogP contribution is -2.13. The molecular formula is C17H11ClI2N2O2. The van der Waals surface area contributed by atoms with Crippen molar-refractivity contribution >= 4 is 74.5 Å². The number of carbonyl (C=O) groups is 1. The number of aryl methyl sites for hydroxylation is 1. The van der Waals surface area contributed by atoms with Crippen LogP contribution >= 0.6 is 56.8 Å². The number of phenols is 1. The molecule has 0 atom stereocenters. The van der Waals surface area contributed by atoms with E-state index >= 15 is 0 Å². The number of rotatable bonds is 3. The molecule has 0 unspecified atom stereocenters. The third-order valence-corrected chi connectivity index (χ3v) is 5.20. The number of benzene rings is 2. The monoisotopic (exact) mass is 564 g/mol. The van der Waals surface area contributed by atoms with E-state index in [9.17, 15) is 15.2 Å². The first-order chi connectivity index (χ1) is 11.3. The lowest BCUT2D eigenvalue weighted by atomic mass is 10.1. The number of phenolic OH excluding ortho intramolecular Hbond substituents is 1. The maximum Gasteiger partial charge on any atom is 0.266 e. The minimum atomic E-state index is -0.518. The Hall–Kier alpha value is -1.31. The van der Waals surface area contributed by atoms with Crippen LogP contribution in [0.3, 0.4) is 0 Å². The van der Waals surface area contributed by atoms with Crippen LogP contribution < -0.4 is 5.32 Å². The second-order valence-electron chi connectivity index (χ2n) is 4.92. The molecule has 2 aromatic carbocycles. The molecule has 122 valence electrons. The molecule has 7 heteroatoms. The Morgan fingerprint density at radius 1 is 1.29 bits per heavy atom. The van der Waals surface area contributed by atoms with E-state index in [1.54, 1.807) is 30.3 Å². The Balaban J connectivity index is 2.29. The van der Waals surface area contributed by atoms with Crippen molar-refractivity contribution in [1.29, 1.82) is 5.26 Å². The quantitative estimate of drug-likeness (QED) is 0.309. The lowest BCUT2D eigenvalue weighted by molar-refractivity contribution is -0.112. The number of nitrogens with one attached hydrogen (secondary N) is 1. The molecule has 0 aliphatic heterocycles. The summed E-state index contributed by atoms with van der Waals surface area (Å²) in [5.41, 5.74) is 2.05. The van der Waals surface area contributed by atoms with Crippen LogP contribution in [0.15, 0.2) is 35.9 Å². The molecule has 0 heterocycles. The predicted octanol–water partition coefficient (Wildman–Crippen LogP) is 5.11. The molecule has 2 N–H and O–H groups in total. The predicted molar refractivity (Wildman–Crippen MR) is 112 cm³/mol. The highest BCUT2D eigenvalue weighted by Crippen LogP contribution is 2.28. The van der Waals surface area contributed by atoms with Crippen molar-refractivity contribution in [3.8, 4) is 11.8 Å². The molecule has 0 bridgehead atoms. The first kappa shape index (κ1) is 19.0. The molecule has 0 fully saturated rings. The number of amides is 1. The minimum Gasteiger partial charge on any atom is -0.506 e. The molecule has 24 heavy (non-hydrogen) atoms. The number of carbonyl (C=O) groups excluding carboxylic acids is 1. The third kappa shape index (κ3) is 4.62. The zero-order valence-corrected chi connectivity index (χ0v) is 17.5. The molecule has 0 saturated heterocycles. The van der Waals surface area contributed by atoms with Crippen molar-refractivity contribution in [3.63, 3.8) is 0 Å². The summed E-state index contributed by atoms with van der Waals surface area (Å²) >= 11 is 10.0. The number of nitriles is 1. The van der Waals surface area contributed by atoms with Gasteiger partial charge in [0, 0.05) is 10.7 Å². The Morgan fingerprint density at radius 2 is 1.92 bits per heavy atom. The van der Waals surface area contributed by atoms with E-state index in [1.807, 2.05) is 58.2 Å². The Bertz CT molecular complexity index is 866. The van der Waals surface area contributed by atoms with Crippen LogP contribution in [0.2, 0.25) is 5.02 Å². The van der Waals surface area contributed by atoms with Crippen molar-refractivity contribution in [2.45, 2.75) is 6.92 Å². The van der Waals surface area contributed by atoms with Crippen LogP contribution in [0.4, 0.5) is 5.69 Å². The molecular weight excluding hydrogens is 553 g/mol. The molecule has 2 rings (SSSR count). The average molecular weight is 565 g/mol. The van der Waals surface area contributed by atoms with Gasteiger partial charge in [0.25, 0.3) is 5.91 Å². The van der Waals surface area contributed by atoms with Crippen molar-refractivity contribution in [2.24, 2.45) is 0 Å². The van der Waals surface area contributed by atoms with Gasteiger partial charge in [0.1, 0.15) is 17.4 Å². The maximum atomic E-state index is 12.3. The van der Waals surface area contributed by atoms with Gasteiger partial charge in [-0.2, -0.15) is 5.26 Å².